The first-order chi connectivity index (χ1) is 8.76. The van der Waals surface area contributed by atoms with E-state index in [1.54, 1.807) is 0 Å². The minimum Gasteiger partial charge on any atom is -0.494 e. The summed E-state index contributed by atoms with van der Waals surface area (Å²) in [5, 5.41) is 0. The van der Waals surface area contributed by atoms with E-state index in [-0.39, 0.29) is 0 Å². The first-order valence-corrected chi connectivity index (χ1v) is 6.88. The van der Waals surface area contributed by atoms with Crippen molar-refractivity contribution in [1.29, 1.82) is 0 Å². The molecule has 0 heterocycles. The van der Waals surface area contributed by atoms with Gasteiger partial charge in [-0.05, 0) is 62.9 Å². The monoisotopic (exact) mass is 251 g/mol. The van der Waals surface area contributed by atoms with Crippen LogP contribution in [0.25, 0.3) is 0 Å². The molecule has 0 aliphatic carbocycles. The zero-order valence-electron chi connectivity index (χ0n) is 11.8. The van der Waals surface area contributed by atoms with Crippen molar-refractivity contribution in [3.8, 4) is 11.5 Å². The van der Waals surface area contributed by atoms with Crippen molar-refractivity contribution in [3.05, 3.63) is 23.3 Å². The van der Waals surface area contributed by atoms with Crippen LogP contribution >= 0.6 is 0 Å². The van der Waals surface area contributed by atoms with Gasteiger partial charge in [0.2, 0.25) is 0 Å². The third kappa shape index (κ3) is 3.91. The lowest BCUT2D eigenvalue weighted by atomic mass is 10.0. The van der Waals surface area contributed by atoms with E-state index in [1.807, 2.05) is 13.8 Å². The molecule has 0 amide bonds. The van der Waals surface area contributed by atoms with E-state index >= 15 is 0 Å². The summed E-state index contributed by atoms with van der Waals surface area (Å²) < 4.78 is 11.4. The smallest absolute Gasteiger partial charge is 0.125 e. The van der Waals surface area contributed by atoms with Crippen LogP contribution in [0.1, 0.15) is 38.3 Å². The molecule has 0 aliphatic heterocycles. The molecule has 0 aromatic heterocycles. The third-order valence-corrected chi connectivity index (χ3v) is 2.85. The van der Waals surface area contributed by atoms with E-state index in [2.05, 4.69) is 19.1 Å². The van der Waals surface area contributed by atoms with Gasteiger partial charge in [-0.3, -0.25) is 0 Å². The van der Waals surface area contributed by atoms with Crippen LogP contribution in [0, 0.1) is 0 Å². The second-order valence-corrected chi connectivity index (χ2v) is 4.18. The molecule has 0 atom stereocenters. The SMILES string of the molecule is CCOc1cc(CC)c(OCC)c(CCCN)c1. The Bertz CT molecular complexity index is 364. The highest BCUT2D eigenvalue weighted by Crippen LogP contribution is 2.31. The van der Waals surface area contributed by atoms with Gasteiger partial charge in [-0.15, -0.1) is 0 Å². The molecule has 3 heteroatoms. The van der Waals surface area contributed by atoms with Crippen LogP contribution in [0.15, 0.2) is 12.1 Å². The van der Waals surface area contributed by atoms with Gasteiger partial charge in [-0.1, -0.05) is 6.92 Å². The molecule has 0 saturated carbocycles. The maximum absolute atomic E-state index is 5.79. The normalized spacial score (nSPS) is 10.4. The first kappa shape index (κ1) is 14.8. The average Bonchev–Trinajstić information content (AvgIpc) is 2.38. The maximum Gasteiger partial charge on any atom is 0.125 e. The van der Waals surface area contributed by atoms with Crippen molar-refractivity contribution in [2.75, 3.05) is 19.8 Å². The second-order valence-electron chi connectivity index (χ2n) is 4.18. The van der Waals surface area contributed by atoms with Crippen molar-refractivity contribution >= 4 is 0 Å². The predicted octanol–water partition coefficient (Wildman–Crippen LogP) is 2.94. The van der Waals surface area contributed by atoms with E-state index < -0.39 is 0 Å². The lowest BCUT2D eigenvalue weighted by Crippen LogP contribution is -2.05. The minimum atomic E-state index is 0.688. The Morgan fingerprint density at radius 1 is 1.00 bits per heavy atom. The highest BCUT2D eigenvalue weighted by Gasteiger charge is 2.11. The van der Waals surface area contributed by atoms with Crippen molar-refractivity contribution < 1.29 is 9.47 Å². The predicted molar refractivity (Wildman–Crippen MR) is 75.5 cm³/mol. The number of benzene rings is 1. The van der Waals surface area contributed by atoms with E-state index in [4.69, 9.17) is 15.2 Å². The summed E-state index contributed by atoms with van der Waals surface area (Å²) in [5.74, 6) is 1.96. The zero-order valence-corrected chi connectivity index (χ0v) is 11.8. The van der Waals surface area contributed by atoms with Gasteiger partial charge < -0.3 is 15.2 Å². The standard InChI is InChI=1S/C15H25NO2/c1-4-12-10-14(17-5-2)11-13(8-7-9-16)15(12)18-6-3/h10-11H,4-9,16H2,1-3H3. The number of aryl methyl sites for hydroxylation is 2. The fourth-order valence-electron chi connectivity index (χ4n) is 2.04. The Morgan fingerprint density at radius 3 is 2.22 bits per heavy atom. The highest BCUT2D eigenvalue weighted by atomic mass is 16.5. The zero-order chi connectivity index (χ0) is 13.4. The summed E-state index contributed by atoms with van der Waals surface area (Å²) in [6.07, 6.45) is 2.87. The molecule has 102 valence electrons. The molecule has 2 N–H and O–H groups in total. The van der Waals surface area contributed by atoms with Gasteiger partial charge in [-0.25, -0.2) is 0 Å². The van der Waals surface area contributed by atoms with Gasteiger partial charge in [0.05, 0.1) is 13.2 Å². The fourth-order valence-corrected chi connectivity index (χ4v) is 2.04. The molecule has 18 heavy (non-hydrogen) atoms. The maximum atomic E-state index is 5.79. The lowest BCUT2D eigenvalue weighted by molar-refractivity contribution is 0.324. The summed E-state index contributed by atoms with van der Waals surface area (Å²) in [6.45, 7) is 8.24. The van der Waals surface area contributed by atoms with Gasteiger partial charge in [0, 0.05) is 0 Å². The number of hydrogen-bond donors (Lipinski definition) is 1. The van der Waals surface area contributed by atoms with Gasteiger partial charge in [0.25, 0.3) is 0 Å². The summed E-state index contributed by atoms with van der Waals surface area (Å²) in [4.78, 5) is 0. The van der Waals surface area contributed by atoms with E-state index in [9.17, 15) is 0 Å². The molecule has 0 unspecified atom stereocenters. The minimum absolute atomic E-state index is 0.688. The summed E-state index contributed by atoms with van der Waals surface area (Å²) in [6, 6.07) is 4.17. The molecule has 3 nitrogen and oxygen atoms in total. The van der Waals surface area contributed by atoms with Crippen LogP contribution in [-0.2, 0) is 12.8 Å². The van der Waals surface area contributed by atoms with Gasteiger partial charge in [-0.2, -0.15) is 0 Å². The van der Waals surface area contributed by atoms with Gasteiger partial charge >= 0.3 is 0 Å². The number of hydrogen-bond acceptors (Lipinski definition) is 3. The fraction of sp³-hybridized carbons (Fsp3) is 0.600. The largest absolute Gasteiger partial charge is 0.494 e. The van der Waals surface area contributed by atoms with Crippen molar-refractivity contribution in [2.24, 2.45) is 5.73 Å². The number of nitrogens with two attached hydrogens (primary N) is 1. The molecule has 0 bridgehead atoms. The van der Waals surface area contributed by atoms with Crippen LogP contribution in [0.4, 0.5) is 0 Å². The molecule has 1 rings (SSSR count). The Hall–Kier alpha value is -1.22. The van der Waals surface area contributed by atoms with Gasteiger partial charge in [0.15, 0.2) is 0 Å². The Morgan fingerprint density at radius 2 is 1.67 bits per heavy atom. The summed E-state index contributed by atoms with van der Waals surface area (Å²) >= 11 is 0. The highest BCUT2D eigenvalue weighted by molar-refractivity contribution is 5.47. The van der Waals surface area contributed by atoms with Crippen molar-refractivity contribution in [1.82, 2.24) is 0 Å². The molecule has 0 aliphatic rings. The Labute approximate surface area is 110 Å². The van der Waals surface area contributed by atoms with Crippen LogP contribution in [0.5, 0.6) is 11.5 Å². The number of rotatable bonds is 8. The van der Waals surface area contributed by atoms with Gasteiger partial charge in [0.1, 0.15) is 11.5 Å². The van der Waals surface area contributed by atoms with Crippen LogP contribution in [-0.4, -0.2) is 19.8 Å². The van der Waals surface area contributed by atoms with E-state index in [0.29, 0.717) is 19.8 Å². The molecule has 0 saturated heterocycles. The van der Waals surface area contributed by atoms with Crippen molar-refractivity contribution in [3.63, 3.8) is 0 Å². The first-order valence-electron chi connectivity index (χ1n) is 6.88. The Balaban J connectivity index is 3.09. The van der Waals surface area contributed by atoms with Crippen LogP contribution < -0.4 is 15.2 Å². The quantitative estimate of drug-likeness (QED) is 0.772. The van der Waals surface area contributed by atoms with E-state index in [1.165, 1.54) is 11.1 Å². The van der Waals surface area contributed by atoms with Crippen molar-refractivity contribution in [2.45, 2.75) is 40.0 Å². The molecular weight excluding hydrogens is 226 g/mol. The Kier molecular flexibility index (Phi) is 6.58. The molecule has 1 aromatic rings. The molecule has 0 fully saturated rings. The summed E-state index contributed by atoms with van der Waals surface area (Å²) in [5.41, 5.74) is 8.03. The lowest BCUT2D eigenvalue weighted by Gasteiger charge is -2.16. The average molecular weight is 251 g/mol. The summed E-state index contributed by atoms with van der Waals surface area (Å²) in [7, 11) is 0. The molecule has 0 radical (unpaired) electrons. The molecule has 0 spiro atoms. The molecule has 1 aromatic carbocycles. The van der Waals surface area contributed by atoms with Crippen LogP contribution in [0.3, 0.4) is 0 Å². The second kappa shape index (κ2) is 7.98. The van der Waals surface area contributed by atoms with Crippen LogP contribution in [0.2, 0.25) is 0 Å². The topological polar surface area (TPSA) is 44.5 Å². The third-order valence-electron chi connectivity index (χ3n) is 2.85. The number of ether oxygens (including phenoxy) is 2. The van der Waals surface area contributed by atoms with E-state index in [0.717, 1.165) is 30.8 Å². The molecular formula is C15H25NO2.